The van der Waals surface area contributed by atoms with Gasteiger partial charge in [0.2, 0.25) is 11.9 Å². The number of hydrogen-bond acceptors (Lipinski definition) is 3. The summed E-state index contributed by atoms with van der Waals surface area (Å²) in [6.07, 6.45) is 2.94. The van der Waals surface area contributed by atoms with Crippen LogP contribution in [0.5, 0.6) is 0 Å². The van der Waals surface area contributed by atoms with E-state index in [0.29, 0.717) is 5.95 Å². The number of aromatic nitrogens is 2. The Hall–Kier alpha value is -3.15. The molecule has 2 aliphatic rings. The predicted octanol–water partition coefficient (Wildman–Crippen LogP) is 3.68. The van der Waals surface area contributed by atoms with E-state index in [9.17, 15) is 9.59 Å². The monoisotopic (exact) mass is 374 g/mol. The smallest absolute Gasteiger partial charge is 0.253 e. The van der Waals surface area contributed by atoms with E-state index in [4.69, 9.17) is 4.98 Å². The number of amides is 2. The van der Waals surface area contributed by atoms with E-state index in [-0.39, 0.29) is 24.3 Å². The summed E-state index contributed by atoms with van der Waals surface area (Å²) >= 11 is 0. The van der Waals surface area contributed by atoms with Gasteiger partial charge in [0, 0.05) is 11.7 Å². The van der Waals surface area contributed by atoms with Gasteiger partial charge in [-0.1, -0.05) is 37.3 Å². The minimum absolute atomic E-state index is 0.0188. The van der Waals surface area contributed by atoms with E-state index in [0.717, 1.165) is 41.5 Å². The average molecular weight is 374 g/mol. The van der Waals surface area contributed by atoms with Crippen molar-refractivity contribution in [3.8, 4) is 0 Å². The van der Waals surface area contributed by atoms with Gasteiger partial charge in [-0.15, -0.1) is 0 Å². The third-order valence-electron chi connectivity index (χ3n) is 5.59. The standard InChI is InChI=1S/C22H22N4O2/c1-2-14-7-3-4-8-16(14)23-20(27)13-19-21(28)25(15-11-12-15)22-24-17-9-5-6-10-18(17)26(19)22/h3-10,15,19H,2,11-13H2,1H3,(H,23,27)/t19-/m0/s1. The summed E-state index contributed by atoms with van der Waals surface area (Å²) in [5, 5.41) is 3.00. The molecular weight excluding hydrogens is 352 g/mol. The van der Waals surface area contributed by atoms with Gasteiger partial charge < -0.3 is 5.32 Å². The normalized spacial score (nSPS) is 18.5. The topological polar surface area (TPSA) is 67.2 Å². The number of benzene rings is 2. The molecule has 0 bridgehead atoms. The number of carbonyl (C=O) groups excluding carboxylic acids is 2. The van der Waals surface area contributed by atoms with Crippen molar-refractivity contribution in [3.05, 3.63) is 54.1 Å². The maximum Gasteiger partial charge on any atom is 0.253 e. The number of rotatable bonds is 5. The van der Waals surface area contributed by atoms with Crippen molar-refractivity contribution in [2.75, 3.05) is 10.2 Å². The highest BCUT2D eigenvalue weighted by atomic mass is 16.2. The summed E-state index contributed by atoms with van der Waals surface area (Å²) in [6.45, 7) is 2.06. The van der Waals surface area contributed by atoms with Gasteiger partial charge in [-0.3, -0.25) is 19.1 Å². The van der Waals surface area contributed by atoms with Gasteiger partial charge in [-0.2, -0.15) is 0 Å². The first kappa shape index (κ1) is 17.0. The first-order valence-corrected chi connectivity index (χ1v) is 9.85. The van der Waals surface area contributed by atoms with Gasteiger partial charge in [-0.05, 0) is 43.0 Å². The molecule has 6 heteroatoms. The molecule has 5 rings (SSSR count). The van der Waals surface area contributed by atoms with Gasteiger partial charge in [0.25, 0.3) is 5.91 Å². The Balaban J connectivity index is 1.47. The summed E-state index contributed by atoms with van der Waals surface area (Å²) in [4.78, 5) is 32.5. The lowest BCUT2D eigenvalue weighted by molar-refractivity contribution is -0.124. The van der Waals surface area contributed by atoms with Crippen molar-refractivity contribution in [3.63, 3.8) is 0 Å². The van der Waals surface area contributed by atoms with Crippen molar-refractivity contribution in [1.82, 2.24) is 9.55 Å². The van der Waals surface area contributed by atoms with Gasteiger partial charge in [0.05, 0.1) is 17.5 Å². The zero-order valence-corrected chi connectivity index (χ0v) is 15.8. The van der Waals surface area contributed by atoms with Crippen molar-refractivity contribution in [2.24, 2.45) is 0 Å². The lowest BCUT2D eigenvalue weighted by atomic mass is 10.1. The number of anilines is 2. The molecule has 1 fully saturated rings. The molecule has 2 amide bonds. The van der Waals surface area contributed by atoms with Crippen molar-refractivity contribution >= 4 is 34.5 Å². The number of nitrogens with zero attached hydrogens (tertiary/aromatic N) is 3. The third-order valence-corrected chi connectivity index (χ3v) is 5.59. The van der Waals surface area contributed by atoms with E-state index >= 15 is 0 Å². The van der Waals surface area contributed by atoms with Crippen LogP contribution in [-0.2, 0) is 16.0 Å². The number of imidazole rings is 1. The fourth-order valence-electron chi connectivity index (χ4n) is 4.06. The van der Waals surface area contributed by atoms with E-state index < -0.39 is 6.04 Å². The Morgan fingerprint density at radius 3 is 2.68 bits per heavy atom. The lowest BCUT2D eigenvalue weighted by Gasteiger charge is -2.15. The molecule has 1 N–H and O–H groups in total. The molecule has 2 aromatic carbocycles. The summed E-state index contributed by atoms with van der Waals surface area (Å²) in [7, 11) is 0. The Morgan fingerprint density at radius 1 is 1.14 bits per heavy atom. The highest BCUT2D eigenvalue weighted by Crippen LogP contribution is 2.42. The molecule has 1 saturated carbocycles. The number of nitrogens with one attached hydrogen (secondary N) is 1. The SMILES string of the molecule is CCc1ccccc1NC(=O)C[C@H]1C(=O)N(C2CC2)c2nc3ccccc3n21. The average Bonchev–Trinajstić information content (AvgIpc) is 3.41. The maximum absolute atomic E-state index is 13.1. The van der Waals surface area contributed by atoms with Crippen LogP contribution in [0.2, 0.25) is 0 Å². The highest BCUT2D eigenvalue weighted by Gasteiger charge is 2.47. The third kappa shape index (κ3) is 2.68. The van der Waals surface area contributed by atoms with E-state index in [1.165, 1.54) is 0 Å². The summed E-state index contributed by atoms with van der Waals surface area (Å²) in [6, 6.07) is 15.3. The molecule has 1 atom stereocenters. The second kappa shape index (κ2) is 6.48. The van der Waals surface area contributed by atoms with Crippen LogP contribution in [0.4, 0.5) is 11.6 Å². The summed E-state index contributed by atoms with van der Waals surface area (Å²) in [5.74, 6) is 0.510. The van der Waals surface area contributed by atoms with Crippen LogP contribution in [0.1, 0.15) is 37.8 Å². The van der Waals surface area contributed by atoms with Crippen LogP contribution in [0.3, 0.4) is 0 Å². The lowest BCUT2D eigenvalue weighted by Crippen LogP contribution is -2.33. The Bertz CT molecular complexity index is 1080. The molecule has 6 nitrogen and oxygen atoms in total. The second-order valence-corrected chi connectivity index (χ2v) is 7.49. The molecular formula is C22H22N4O2. The van der Waals surface area contributed by atoms with Crippen molar-refractivity contribution < 1.29 is 9.59 Å². The number of para-hydroxylation sites is 3. The first-order valence-electron chi connectivity index (χ1n) is 9.85. The predicted molar refractivity (Wildman–Crippen MR) is 108 cm³/mol. The Labute approximate surface area is 163 Å². The maximum atomic E-state index is 13.1. The zero-order chi connectivity index (χ0) is 19.3. The fourth-order valence-corrected chi connectivity index (χ4v) is 4.06. The number of fused-ring (bicyclic) bond motifs is 3. The van der Waals surface area contributed by atoms with Gasteiger partial charge in [-0.25, -0.2) is 4.98 Å². The summed E-state index contributed by atoms with van der Waals surface area (Å²) < 4.78 is 1.95. The van der Waals surface area contributed by atoms with Crippen molar-refractivity contribution in [1.29, 1.82) is 0 Å². The Kier molecular flexibility index (Phi) is 3.93. The molecule has 142 valence electrons. The molecule has 2 heterocycles. The molecule has 0 spiro atoms. The number of carbonyl (C=O) groups is 2. The minimum atomic E-state index is -0.545. The van der Waals surface area contributed by atoms with Crippen LogP contribution in [-0.4, -0.2) is 27.4 Å². The molecule has 1 aromatic heterocycles. The molecule has 3 aromatic rings. The van der Waals surface area contributed by atoms with Gasteiger partial charge in [0.15, 0.2) is 0 Å². The van der Waals surface area contributed by atoms with Crippen LogP contribution < -0.4 is 10.2 Å². The van der Waals surface area contributed by atoms with Crippen LogP contribution in [0, 0.1) is 0 Å². The molecule has 0 saturated heterocycles. The largest absolute Gasteiger partial charge is 0.326 e. The van der Waals surface area contributed by atoms with Gasteiger partial charge in [0.1, 0.15) is 6.04 Å². The molecule has 1 aliphatic carbocycles. The quantitative estimate of drug-likeness (QED) is 0.741. The van der Waals surface area contributed by atoms with E-state index in [2.05, 4.69) is 12.2 Å². The minimum Gasteiger partial charge on any atom is -0.326 e. The summed E-state index contributed by atoms with van der Waals surface area (Å²) in [5.41, 5.74) is 3.66. The molecule has 0 unspecified atom stereocenters. The highest BCUT2D eigenvalue weighted by molar-refractivity contribution is 6.05. The number of aryl methyl sites for hydroxylation is 1. The van der Waals surface area contributed by atoms with Crippen LogP contribution in [0.25, 0.3) is 11.0 Å². The fraction of sp³-hybridized carbons (Fsp3) is 0.318. The van der Waals surface area contributed by atoms with Crippen LogP contribution >= 0.6 is 0 Å². The zero-order valence-electron chi connectivity index (χ0n) is 15.8. The molecule has 28 heavy (non-hydrogen) atoms. The second-order valence-electron chi connectivity index (χ2n) is 7.49. The number of hydrogen-bond donors (Lipinski definition) is 1. The van der Waals surface area contributed by atoms with E-state index in [1.807, 2.05) is 53.1 Å². The van der Waals surface area contributed by atoms with Crippen molar-refractivity contribution in [2.45, 2.75) is 44.7 Å². The first-order chi connectivity index (χ1) is 13.7. The molecule has 1 aliphatic heterocycles. The van der Waals surface area contributed by atoms with E-state index in [1.54, 1.807) is 4.90 Å². The Morgan fingerprint density at radius 2 is 1.89 bits per heavy atom. The van der Waals surface area contributed by atoms with Crippen LogP contribution in [0.15, 0.2) is 48.5 Å². The molecule has 0 radical (unpaired) electrons. The van der Waals surface area contributed by atoms with Gasteiger partial charge >= 0.3 is 0 Å².